The molecular formula is C22H27F5N6O3. The van der Waals surface area contributed by atoms with Gasteiger partial charge in [-0.15, -0.1) is 0 Å². The van der Waals surface area contributed by atoms with Gasteiger partial charge in [0.05, 0.1) is 29.9 Å². The molecule has 2 aliphatic rings. The first-order valence-corrected chi connectivity index (χ1v) is 11.1. The highest BCUT2D eigenvalue weighted by atomic mass is 19.4. The van der Waals surface area contributed by atoms with Crippen molar-refractivity contribution in [2.45, 2.75) is 51.8 Å². The first kappa shape index (κ1) is 27.3. The summed E-state index contributed by atoms with van der Waals surface area (Å²) >= 11 is 0. The summed E-state index contributed by atoms with van der Waals surface area (Å²) in [6, 6.07) is 3.65. The minimum Gasteiger partial charge on any atom is -0.475 e. The van der Waals surface area contributed by atoms with Crippen LogP contribution in [-0.2, 0) is 23.2 Å². The summed E-state index contributed by atoms with van der Waals surface area (Å²) in [6.07, 6.45) is -2.80. The Hall–Kier alpha value is -3.32. The van der Waals surface area contributed by atoms with Gasteiger partial charge in [0.1, 0.15) is 0 Å². The van der Waals surface area contributed by atoms with Crippen LogP contribution in [0.1, 0.15) is 36.3 Å². The first-order valence-electron chi connectivity index (χ1n) is 11.1. The lowest BCUT2D eigenvalue weighted by atomic mass is 9.71. The molecule has 1 unspecified atom stereocenters. The summed E-state index contributed by atoms with van der Waals surface area (Å²) in [4.78, 5) is 34.0. The maximum atomic E-state index is 14.8. The highest BCUT2D eigenvalue weighted by Crippen LogP contribution is 2.46. The average Bonchev–Trinajstić information content (AvgIpc) is 3.07. The van der Waals surface area contributed by atoms with E-state index >= 15 is 0 Å². The van der Waals surface area contributed by atoms with Gasteiger partial charge in [-0.05, 0) is 38.8 Å². The van der Waals surface area contributed by atoms with Crippen LogP contribution in [-0.4, -0.2) is 73.4 Å². The molecule has 2 aliphatic heterocycles. The number of amides is 1. The summed E-state index contributed by atoms with van der Waals surface area (Å²) < 4.78 is 63.0. The van der Waals surface area contributed by atoms with Gasteiger partial charge < -0.3 is 14.9 Å². The van der Waals surface area contributed by atoms with E-state index in [-0.39, 0.29) is 18.4 Å². The van der Waals surface area contributed by atoms with Crippen LogP contribution < -0.4 is 4.90 Å². The Labute approximate surface area is 203 Å². The predicted octanol–water partition coefficient (Wildman–Crippen LogP) is 3.11. The number of carboxylic acids is 1. The summed E-state index contributed by atoms with van der Waals surface area (Å²) in [5.74, 6) is -5.68. The number of halogens is 5. The van der Waals surface area contributed by atoms with Gasteiger partial charge in [0.2, 0.25) is 11.9 Å². The van der Waals surface area contributed by atoms with Crippen molar-refractivity contribution >= 4 is 17.8 Å². The first-order chi connectivity index (χ1) is 16.6. The van der Waals surface area contributed by atoms with Crippen molar-refractivity contribution < 1.29 is 36.6 Å². The van der Waals surface area contributed by atoms with Crippen molar-refractivity contribution in [3.05, 3.63) is 35.4 Å². The monoisotopic (exact) mass is 518 g/mol. The van der Waals surface area contributed by atoms with Gasteiger partial charge in [0, 0.05) is 38.4 Å². The van der Waals surface area contributed by atoms with Crippen LogP contribution in [0.2, 0.25) is 0 Å². The van der Waals surface area contributed by atoms with E-state index in [9.17, 15) is 26.7 Å². The normalized spacial score (nSPS) is 21.8. The number of carboxylic acid groups (broad SMARTS) is 1. The SMILES string of the molecule is Cc1ccnc(N2CC(F)(F)CC3(CCCN(Cc4cc(C)nn4C)C3=O)C2)n1.O=C(O)C(F)(F)F. The van der Waals surface area contributed by atoms with E-state index in [0.29, 0.717) is 31.6 Å². The molecule has 0 saturated carbocycles. The average molecular weight is 518 g/mol. The lowest BCUT2D eigenvalue weighted by Gasteiger charge is -2.49. The molecule has 0 aromatic carbocycles. The minimum absolute atomic E-state index is 0.209. The van der Waals surface area contributed by atoms with Gasteiger partial charge >= 0.3 is 12.1 Å². The number of aromatic nitrogens is 4. The van der Waals surface area contributed by atoms with E-state index in [1.807, 2.05) is 20.0 Å². The van der Waals surface area contributed by atoms with Gasteiger partial charge in [0.15, 0.2) is 0 Å². The molecule has 2 aromatic rings. The zero-order chi connectivity index (χ0) is 26.9. The van der Waals surface area contributed by atoms with Crippen molar-refractivity contribution in [1.82, 2.24) is 24.6 Å². The van der Waals surface area contributed by atoms with Crippen LogP contribution in [0.25, 0.3) is 0 Å². The maximum Gasteiger partial charge on any atom is 0.490 e. The second-order valence-electron chi connectivity index (χ2n) is 9.20. The molecule has 9 nitrogen and oxygen atoms in total. The summed E-state index contributed by atoms with van der Waals surface area (Å²) in [5.41, 5.74) is 1.35. The van der Waals surface area contributed by atoms with Crippen molar-refractivity contribution in [2.24, 2.45) is 12.5 Å². The zero-order valence-corrected chi connectivity index (χ0v) is 20.0. The lowest BCUT2D eigenvalue weighted by Crippen LogP contribution is -2.61. The number of aliphatic carboxylic acids is 1. The largest absolute Gasteiger partial charge is 0.490 e. The Morgan fingerprint density at radius 2 is 1.86 bits per heavy atom. The molecule has 1 amide bonds. The number of carbonyl (C=O) groups excluding carboxylic acids is 1. The van der Waals surface area contributed by atoms with E-state index in [1.165, 1.54) is 4.90 Å². The Balaban J connectivity index is 0.000000454. The Kier molecular flexibility index (Phi) is 7.55. The molecule has 2 fully saturated rings. The third kappa shape index (κ3) is 6.26. The molecule has 198 valence electrons. The van der Waals surface area contributed by atoms with Crippen molar-refractivity contribution in [3.8, 4) is 0 Å². The smallest absolute Gasteiger partial charge is 0.475 e. The fraction of sp³-hybridized carbons (Fsp3) is 0.591. The molecule has 1 N–H and O–H groups in total. The molecule has 0 radical (unpaired) electrons. The highest BCUT2D eigenvalue weighted by Gasteiger charge is 2.55. The molecule has 2 aromatic heterocycles. The number of likely N-dealkylation sites (tertiary alicyclic amines) is 1. The van der Waals surface area contributed by atoms with Crippen molar-refractivity contribution in [3.63, 3.8) is 0 Å². The summed E-state index contributed by atoms with van der Waals surface area (Å²) in [5, 5.41) is 11.4. The fourth-order valence-corrected chi connectivity index (χ4v) is 4.66. The van der Waals surface area contributed by atoms with Crippen molar-refractivity contribution in [1.29, 1.82) is 0 Å². The number of hydrogen-bond acceptors (Lipinski definition) is 6. The number of aryl methyl sites for hydroxylation is 3. The molecule has 1 spiro atoms. The van der Waals surface area contributed by atoms with Crippen LogP contribution in [0.5, 0.6) is 0 Å². The molecule has 4 rings (SSSR count). The second-order valence-corrected chi connectivity index (χ2v) is 9.20. The zero-order valence-electron chi connectivity index (χ0n) is 20.0. The van der Waals surface area contributed by atoms with Crippen LogP contribution in [0.4, 0.5) is 27.9 Å². The fourth-order valence-electron chi connectivity index (χ4n) is 4.66. The predicted molar refractivity (Wildman–Crippen MR) is 117 cm³/mol. The van der Waals surface area contributed by atoms with E-state index in [2.05, 4.69) is 15.1 Å². The highest BCUT2D eigenvalue weighted by molar-refractivity contribution is 5.84. The van der Waals surface area contributed by atoms with E-state index in [1.54, 1.807) is 28.8 Å². The number of rotatable bonds is 3. The van der Waals surface area contributed by atoms with Gasteiger partial charge in [-0.25, -0.2) is 23.5 Å². The molecule has 2 saturated heterocycles. The van der Waals surface area contributed by atoms with Crippen molar-refractivity contribution in [2.75, 3.05) is 24.5 Å². The molecular weight excluding hydrogens is 491 g/mol. The molecule has 14 heteroatoms. The summed E-state index contributed by atoms with van der Waals surface area (Å²) in [7, 11) is 1.83. The molecule has 1 atom stereocenters. The van der Waals surface area contributed by atoms with Gasteiger partial charge in [-0.2, -0.15) is 18.3 Å². The Morgan fingerprint density at radius 1 is 1.19 bits per heavy atom. The van der Waals surface area contributed by atoms with Crippen LogP contribution in [0.15, 0.2) is 18.3 Å². The summed E-state index contributed by atoms with van der Waals surface area (Å²) in [6.45, 7) is 4.39. The second kappa shape index (κ2) is 9.97. The minimum atomic E-state index is -5.08. The standard InChI is InChI=1S/C20H26F2N6O.C2HF3O2/c1-14-5-7-23-18(24-14)28-12-19(11-20(21,22)13-28)6-4-8-27(17(19)29)10-16-9-15(2)25-26(16)3;3-2(4,5)1(6)7/h5,7,9H,4,6,8,10-13H2,1-3H3;(H,6,7). The third-order valence-corrected chi connectivity index (χ3v) is 6.10. The van der Waals surface area contributed by atoms with Crippen LogP contribution in [0.3, 0.4) is 0 Å². The Morgan fingerprint density at radius 3 is 2.42 bits per heavy atom. The number of nitrogens with zero attached hydrogens (tertiary/aromatic N) is 6. The molecule has 36 heavy (non-hydrogen) atoms. The number of anilines is 1. The van der Waals surface area contributed by atoms with Gasteiger partial charge in [-0.1, -0.05) is 0 Å². The number of piperidine rings is 2. The van der Waals surface area contributed by atoms with Gasteiger partial charge in [0.25, 0.3) is 5.92 Å². The Bertz CT molecular complexity index is 1120. The number of carbonyl (C=O) groups is 2. The van der Waals surface area contributed by atoms with E-state index < -0.39 is 36.4 Å². The third-order valence-electron chi connectivity index (χ3n) is 6.10. The van der Waals surface area contributed by atoms with Crippen LogP contribution in [0, 0.1) is 19.3 Å². The molecule has 4 heterocycles. The lowest BCUT2D eigenvalue weighted by molar-refractivity contribution is -0.192. The topological polar surface area (TPSA) is 104 Å². The number of alkyl halides is 5. The quantitative estimate of drug-likeness (QED) is 0.623. The molecule has 0 aliphatic carbocycles. The number of hydrogen-bond donors (Lipinski definition) is 1. The van der Waals surface area contributed by atoms with E-state index in [0.717, 1.165) is 11.4 Å². The van der Waals surface area contributed by atoms with Crippen LogP contribution >= 0.6 is 0 Å². The van der Waals surface area contributed by atoms with Gasteiger partial charge in [-0.3, -0.25) is 9.48 Å². The maximum absolute atomic E-state index is 14.8. The van der Waals surface area contributed by atoms with E-state index in [4.69, 9.17) is 9.90 Å². The molecule has 0 bridgehead atoms.